The minimum Gasteiger partial charge on any atom is -0.354 e. The Hall–Kier alpha value is -12.5. The van der Waals surface area contributed by atoms with Crippen molar-refractivity contribution in [2.45, 2.75) is 0 Å². The molecular weight excluding hydrogens is 1100 g/mol. The van der Waals surface area contributed by atoms with Crippen LogP contribution in [0.15, 0.2) is 304 Å². The van der Waals surface area contributed by atoms with Crippen LogP contribution in [0, 0.1) is 11.3 Å². The fourth-order valence-corrected chi connectivity index (χ4v) is 14.0. The zero-order valence-corrected chi connectivity index (χ0v) is 48.4. The lowest BCUT2D eigenvalue weighted by Gasteiger charge is -2.24. The summed E-state index contributed by atoms with van der Waals surface area (Å²) >= 11 is 0. The number of hydrogen-bond acceptors (Lipinski definition) is 4. The predicted molar refractivity (Wildman–Crippen MR) is 369 cm³/mol. The van der Waals surface area contributed by atoms with Gasteiger partial charge in [-0.05, 0) is 137 Å². The van der Waals surface area contributed by atoms with Gasteiger partial charge in [0.05, 0.1) is 83.5 Å². The fourth-order valence-electron chi connectivity index (χ4n) is 14.0. The molecule has 9 heteroatoms. The van der Waals surface area contributed by atoms with Crippen LogP contribution in [0.4, 0.5) is 11.4 Å². The summed E-state index contributed by atoms with van der Waals surface area (Å²) in [5.41, 5.74) is 23.3. The number of benzene rings is 13. The first-order valence-corrected chi connectivity index (χ1v) is 30.3. The minimum atomic E-state index is 0.516. The predicted octanol–water partition coefficient (Wildman–Crippen LogP) is 20.2. The Kier molecular flexibility index (Phi) is 11.5. The third kappa shape index (κ3) is 7.88. The average Bonchev–Trinajstić information content (AvgIpc) is 1.54. The smallest absolute Gasteiger partial charge is 0.220 e. The third-order valence-corrected chi connectivity index (χ3v) is 18.0. The van der Waals surface area contributed by atoms with Crippen molar-refractivity contribution in [3.63, 3.8) is 0 Å². The molecule has 9 nitrogen and oxygen atoms in total. The van der Waals surface area contributed by atoms with Crippen molar-refractivity contribution in [1.29, 1.82) is 5.26 Å². The molecule has 0 fully saturated rings. The maximum Gasteiger partial charge on any atom is 0.220 e. The maximum absolute atomic E-state index is 12.8. The summed E-state index contributed by atoms with van der Waals surface area (Å²) in [6, 6.07) is 108. The van der Waals surface area contributed by atoms with Crippen LogP contribution < -0.4 is 5.32 Å². The maximum atomic E-state index is 12.8. The van der Waals surface area contributed by atoms with Crippen molar-refractivity contribution >= 4 is 93.9 Å². The number of imidazole rings is 3. The number of fused-ring (bicyclic) bond motifs is 12. The van der Waals surface area contributed by atoms with E-state index in [0.29, 0.717) is 5.56 Å². The first kappa shape index (κ1) is 50.8. The molecule has 1 N–H and O–H groups in total. The normalized spacial score (nSPS) is 11.8. The molecule has 0 bridgehead atoms. The molecule has 0 saturated heterocycles. The van der Waals surface area contributed by atoms with Crippen molar-refractivity contribution in [3.8, 4) is 73.3 Å². The van der Waals surface area contributed by atoms with E-state index in [9.17, 15) is 5.26 Å². The summed E-state index contributed by atoms with van der Waals surface area (Å²) in [7, 11) is 0. The molecule has 13 aromatic carbocycles. The molecule has 0 aliphatic rings. The Balaban J connectivity index is 0.992. The van der Waals surface area contributed by atoms with Gasteiger partial charge in [-0.2, -0.15) is 5.26 Å². The van der Waals surface area contributed by atoms with E-state index in [2.05, 4.69) is 307 Å². The molecule has 0 aliphatic heterocycles. The van der Waals surface area contributed by atoms with Crippen LogP contribution in [0.3, 0.4) is 0 Å². The number of para-hydroxylation sites is 6. The highest BCUT2D eigenvalue weighted by molar-refractivity contribution is 6.13. The highest BCUT2D eigenvalue weighted by atomic mass is 15.2. The van der Waals surface area contributed by atoms with Gasteiger partial charge in [-0.3, -0.25) is 13.5 Å². The number of rotatable bonds is 10. The Labute approximate surface area is 516 Å². The Morgan fingerprint density at radius 1 is 0.333 bits per heavy atom. The molecule has 0 radical (unpaired) electrons. The topological polar surface area (TPSA) is 85.7 Å². The minimum absolute atomic E-state index is 0.516. The quantitative estimate of drug-likeness (QED) is 0.148. The summed E-state index contributed by atoms with van der Waals surface area (Å²) in [6.07, 6.45) is 1.92. The summed E-state index contributed by atoms with van der Waals surface area (Å²) in [4.78, 5) is 10.5. The van der Waals surface area contributed by atoms with Crippen LogP contribution in [-0.2, 0) is 0 Å². The van der Waals surface area contributed by atoms with E-state index < -0.39 is 0 Å². The van der Waals surface area contributed by atoms with E-state index in [1.54, 1.807) is 0 Å². The number of aromatic nitrogens is 7. The monoisotopic (exact) mass is 1150 g/mol. The summed E-state index contributed by atoms with van der Waals surface area (Å²) < 4.78 is 11.5. The Morgan fingerprint density at radius 3 is 1.37 bits per heavy atom. The number of anilines is 2. The number of nitrogens with one attached hydrogen (secondary N) is 1. The van der Waals surface area contributed by atoms with Gasteiger partial charge in [0.25, 0.3) is 0 Å². The Bertz CT molecular complexity index is 5830. The van der Waals surface area contributed by atoms with E-state index in [1.807, 2.05) is 30.6 Å². The lowest BCUT2D eigenvalue weighted by Crippen LogP contribution is -2.08. The van der Waals surface area contributed by atoms with Crippen LogP contribution in [0.5, 0.6) is 0 Å². The standard InChI is InChI=1S/C81H51N9/c82-50-64-79(56-39-43-66(84-58-25-9-3-10-26-58)74(47-56)86-51-83-65-41-37-54(45-73(65)86)52-21-5-1-6-22-52)77(88-68-33-17-13-29-60(68)61-30-14-18-34-69(61)88)49-78(89-70-35-19-15-31-62(70)63-32-16-20-36-71(63)89)80(64)57-40-44-72-76(48-57)90-75-46-55(53-23-7-2-8-24-53)38-42-67(75)85-81(90)87(72)59-27-11-4-12-28-59/h1-49,51,84H. The second-order valence-electron chi connectivity index (χ2n) is 23.0. The van der Waals surface area contributed by atoms with Crippen molar-refractivity contribution in [1.82, 2.24) is 32.6 Å². The van der Waals surface area contributed by atoms with Crippen molar-refractivity contribution in [2.24, 2.45) is 0 Å². The van der Waals surface area contributed by atoms with Gasteiger partial charge in [-0.15, -0.1) is 0 Å². The molecule has 0 amide bonds. The first-order valence-electron chi connectivity index (χ1n) is 30.3. The van der Waals surface area contributed by atoms with Gasteiger partial charge >= 0.3 is 0 Å². The van der Waals surface area contributed by atoms with Crippen LogP contribution in [-0.4, -0.2) is 32.6 Å². The van der Waals surface area contributed by atoms with E-state index in [1.165, 1.54) is 0 Å². The van der Waals surface area contributed by atoms with Crippen molar-refractivity contribution < 1.29 is 0 Å². The molecule has 18 rings (SSSR count). The van der Waals surface area contributed by atoms with E-state index in [-0.39, 0.29) is 0 Å². The van der Waals surface area contributed by atoms with Gasteiger partial charge in [0.2, 0.25) is 5.78 Å². The van der Waals surface area contributed by atoms with Crippen LogP contribution in [0.2, 0.25) is 0 Å². The van der Waals surface area contributed by atoms with Gasteiger partial charge in [0.15, 0.2) is 0 Å². The van der Waals surface area contributed by atoms with E-state index in [0.717, 1.165) is 161 Å². The van der Waals surface area contributed by atoms with Crippen LogP contribution >= 0.6 is 0 Å². The molecule has 90 heavy (non-hydrogen) atoms. The SMILES string of the molecule is N#Cc1c(-c2ccc(Nc3ccccc3)c(-n3cnc4ccc(-c5ccccc5)cc43)c2)c(-n2c3ccccc3c3ccccc32)cc(-n2c3ccccc3c3ccccc32)c1-c1ccc2c(c1)n1c3cc(-c4ccccc4)ccc3nc1n2-c1ccccc1. The molecule has 18 aromatic rings. The highest BCUT2D eigenvalue weighted by Crippen LogP contribution is 2.48. The lowest BCUT2D eigenvalue weighted by atomic mass is 9.88. The molecule has 420 valence electrons. The number of nitrogens with zero attached hydrogens (tertiary/aromatic N) is 8. The van der Waals surface area contributed by atoms with Gasteiger partial charge in [-0.25, -0.2) is 9.97 Å². The average molecular weight is 1150 g/mol. The van der Waals surface area contributed by atoms with Crippen LogP contribution in [0.25, 0.3) is 150 Å². The zero-order chi connectivity index (χ0) is 59.4. The molecular formula is C81H51N9. The fraction of sp³-hybridized carbons (Fsp3) is 0. The first-order chi connectivity index (χ1) is 44.6. The summed E-state index contributed by atoms with van der Waals surface area (Å²) in [6.45, 7) is 0. The lowest BCUT2D eigenvalue weighted by molar-refractivity contribution is 1.09. The molecule has 0 saturated carbocycles. The molecule has 5 aromatic heterocycles. The molecule has 0 unspecified atom stereocenters. The van der Waals surface area contributed by atoms with Crippen molar-refractivity contribution in [3.05, 3.63) is 309 Å². The van der Waals surface area contributed by atoms with Crippen LogP contribution in [0.1, 0.15) is 5.56 Å². The number of hydrogen-bond donors (Lipinski definition) is 1. The van der Waals surface area contributed by atoms with Gasteiger partial charge in [0, 0.05) is 44.0 Å². The molecule has 0 spiro atoms. The number of nitriles is 1. The molecule has 0 aliphatic carbocycles. The Morgan fingerprint density at radius 2 is 0.800 bits per heavy atom. The van der Waals surface area contributed by atoms with E-state index >= 15 is 0 Å². The van der Waals surface area contributed by atoms with Gasteiger partial charge in [0.1, 0.15) is 12.4 Å². The zero-order valence-electron chi connectivity index (χ0n) is 48.4. The third-order valence-electron chi connectivity index (χ3n) is 18.0. The molecule has 5 heterocycles. The van der Waals surface area contributed by atoms with Gasteiger partial charge in [-0.1, -0.05) is 194 Å². The highest BCUT2D eigenvalue weighted by Gasteiger charge is 2.29. The molecule has 0 atom stereocenters. The summed E-state index contributed by atoms with van der Waals surface area (Å²) in [5, 5.41) is 21.0. The largest absolute Gasteiger partial charge is 0.354 e. The second-order valence-corrected chi connectivity index (χ2v) is 23.0. The summed E-state index contributed by atoms with van der Waals surface area (Å²) in [5.74, 6) is 0.790. The second kappa shape index (κ2) is 20.3. The van der Waals surface area contributed by atoms with Gasteiger partial charge < -0.3 is 14.5 Å². The van der Waals surface area contributed by atoms with Crippen molar-refractivity contribution in [2.75, 3.05) is 5.32 Å². The van der Waals surface area contributed by atoms with E-state index in [4.69, 9.17) is 9.97 Å².